The van der Waals surface area contributed by atoms with Crippen molar-refractivity contribution in [1.29, 1.82) is 0 Å². The van der Waals surface area contributed by atoms with Crippen molar-refractivity contribution >= 4 is 5.91 Å². The van der Waals surface area contributed by atoms with Gasteiger partial charge in [0.1, 0.15) is 12.4 Å². The lowest BCUT2D eigenvalue weighted by Crippen LogP contribution is -2.41. The molecule has 7 nitrogen and oxygen atoms in total. The Labute approximate surface area is 135 Å². The first-order valence-electron chi connectivity index (χ1n) is 8.01. The summed E-state index contributed by atoms with van der Waals surface area (Å²) in [4.78, 5) is 22.9. The topological polar surface area (TPSA) is 65.2 Å². The Morgan fingerprint density at radius 3 is 3.09 bits per heavy atom. The molecule has 0 aromatic carbocycles. The number of aromatic nitrogens is 4. The summed E-state index contributed by atoms with van der Waals surface area (Å²) in [5.74, 6) is 1.49. The Morgan fingerprint density at radius 2 is 2.30 bits per heavy atom. The van der Waals surface area contributed by atoms with E-state index in [2.05, 4.69) is 14.5 Å². The first kappa shape index (κ1) is 15.7. The SMILES string of the molecule is COCCn1ccnc1[C@H]1CCCN(C(=O)Cn2ccnc2)C1. The Morgan fingerprint density at radius 1 is 1.39 bits per heavy atom. The van der Waals surface area contributed by atoms with Crippen LogP contribution in [0.4, 0.5) is 0 Å². The van der Waals surface area contributed by atoms with E-state index in [-0.39, 0.29) is 5.91 Å². The first-order chi connectivity index (χ1) is 11.3. The van der Waals surface area contributed by atoms with Gasteiger partial charge in [-0.1, -0.05) is 0 Å². The number of rotatable bonds is 6. The number of carbonyl (C=O) groups excluding carboxylic acids is 1. The standard InChI is InChI=1S/C16H23N5O2/c1-23-10-9-20-8-5-18-16(20)14-3-2-6-21(11-14)15(22)12-19-7-4-17-13-19/h4-5,7-8,13-14H,2-3,6,9-12H2,1H3/t14-/m0/s1. The lowest BCUT2D eigenvalue weighted by molar-refractivity contribution is -0.133. The molecule has 0 N–H and O–H groups in total. The van der Waals surface area contributed by atoms with Gasteiger partial charge in [-0.15, -0.1) is 0 Å². The fraction of sp³-hybridized carbons (Fsp3) is 0.562. The second-order valence-electron chi connectivity index (χ2n) is 5.89. The van der Waals surface area contributed by atoms with Crippen molar-refractivity contribution in [2.45, 2.75) is 31.8 Å². The van der Waals surface area contributed by atoms with Crippen LogP contribution in [0, 0.1) is 0 Å². The number of imidazole rings is 2. The number of likely N-dealkylation sites (tertiary alicyclic amines) is 1. The quantitative estimate of drug-likeness (QED) is 0.801. The molecule has 0 bridgehead atoms. The molecule has 0 aliphatic carbocycles. The molecule has 1 amide bonds. The van der Waals surface area contributed by atoms with Crippen LogP contribution in [0.1, 0.15) is 24.6 Å². The predicted molar refractivity (Wildman–Crippen MR) is 84.9 cm³/mol. The molecule has 7 heteroatoms. The summed E-state index contributed by atoms with van der Waals surface area (Å²) in [7, 11) is 1.70. The summed E-state index contributed by atoms with van der Waals surface area (Å²) in [6, 6.07) is 0. The minimum Gasteiger partial charge on any atom is -0.383 e. The summed E-state index contributed by atoms with van der Waals surface area (Å²) < 4.78 is 9.10. The summed E-state index contributed by atoms with van der Waals surface area (Å²) in [5.41, 5.74) is 0. The van der Waals surface area contributed by atoms with Gasteiger partial charge in [0.2, 0.25) is 5.91 Å². The van der Waals surface area contributed by atoms with Gasteiger partial charge >= 0.3 is 0 Å². The van der Waals surface area contributed by atoms with E-state index in [1.54, 1.807) is 19.6 Å². The maximum atomic E-state index is 12.5. The van der Waals surface area contributed by atoms with Crippen molar-refractivity contribution in [3.05, 3.63) is 36.9 Å². The Bertz CT molecular complexity index is 622. The van der Waals surface area contributed by atoms with Crippen molar-refractivity contribution in [3.63, 3.8) is 0 Å². The molecule has 1 aliphatic rings. The maximum absolute atomic E-state index is 12.5. The highest BCUT2D eigenvalue weighted by Gasteiger charge is 2.27. The highest BCUT2D eigenvalue weighted by molar-refractivity contribution is 5.76. The van der Waals surface area contributed by atoms with Crippen molar-refractivity contribution in [2.75, 3.05) is 26.8 Å². The van der Waals surface area contributed by atoms with Crippen LogP contribution >= 0.6 is 0 Å². The van der Waals surface area contributed by atoms with Gasteiger partial charge in [-0.05, 0) is 12.8 Å². The van der Waals surface area contributed by atoms with E-state index in [0.717, 1.165) is 38.3 Å². The van der Waals surface area contributed by atoms with Gasteiger partial charge in [0, 0.05) is 57.4 Å². The van der Waals surface area contributed by atoms with E-state index in [1.807, 2.05) is 28.1 Å². The maximum Gasteiger partial charge on any atom is 0.242 e. The third kappa shape index (κ3) is 3.79. The average Bonchev–Trinajstić information content (AvgIpc) is 3.24. The van der Waals surface area contributed by atoms with Gasteiger partial charge in [-0.25, -0.2) is 9.97 Å². The Balaban J connectivity index is 1.64. The van der Waals surface area contributed by atoms with Gasteiger partial charge in [0.05, 0.1) is 12.9 Å². The monoisotopic (exact) mass is 317 g/mol. The normalized spacial score (nSPS) is 18.3. The Kier molecular flexibility index (Phi) is 5.07. The van der Waals surface area contributed by atoms with Crippen LogP contribution in [0.25, 0.3) is 0 Å². The molecule has 0 unspecified atom stereocenters. The first-order valence-corrected chi connectivity index (χ1v) is 8.01. The second-order valence-corrected chi connectivity index (χ2v) is 5.89. The summed E-state index contributed by atoms with van der Waals surface area (Å²) in [6.07, 6.45) is 11.1. The summed E-state index contributed by atoms with van der Waals surface area (Å²) >= 11 is 0. The molecular formula is C16H23N5O2. The molecule has 2 aromatic heterocycles. The van der Waals surface area contributed by atoms with Gasteiger partial charge in [0.25, 0.3) is 0 Å². The van der Waals surface area contributed by atoms with Crippen molar-refractivity contribution in [2.24, 2.45) is 0 Å². The van der Waals surface area contributed by atoms with Crippen LogP contribution in [-0.4, -0.2) is 56.7 Å². The van der Waals surface area contributed by atoms with Crippen LogP contribution < -0.4 is 0 Å². The fourth-order valence-corrected chi connectivity index (χ4v) is 3.11. The van der Waals surface area contributed by atoms with Crippen LogP contribution in [0.15, 0.2) is 31.1 Å². The van der Waals surface area contributed by atoms with Crippen molar-refractivity contribution in [3.8, 4) is 0 Å². The van der Waals surface area contributed by atoms with E-state index in [9.17, 15) is 4.79 Å². The number of hydrogen-bond donors (Lipinski definition) is 0. The summed E-state index contributed by atoms with van der Waals surface area (Å²) in [6.45, 7) is 3.37. The fourth-order valence-electron chi connectivity index (χ4n) is 3.11. The Hall–Kier alpha value is -2.15. The number of ether oxygens (including phenoxy) is 1. The van der Waals surface area contributed by atoms with Gasteiger partial charge in [-0.2, -0.15) is 0 Å². The molecule has 124 valence electrons. The van der Waals surface area contributed by atoms with E-state index in [4.69, 9.17) is 4.74 Å². The molecule has 3 rings (SSSR count). The average molecular weight is 317 g/mol. The van der Waals surface area contributed by atoms with Gasteiger partial charge in [0.15, 0.2) is 0 Å². The molecule has 2 aromatic rings. The third-order valence-corrected chi connectivity index (χ3v) is 4.30. The number of nitrogens with zero attached hydrogens (tertiary/aromatic N) is 5. The minimum atomic E-state index is 0.141. The van der Waals surface area contributed by atoms with E-state index < -0.39 is 0 Å². The zero-order valence-corrected chi connectivity index (χ0v) is 13.5. The molecule has 1 fully saturated rings. The molecule has 3 heterocycles. The lowest BCUT2D eigenvalue weighted by Gasteiger charge is -2.32. The smallest absolute Gasteiger partial charge is 0.242 e. The molecular weight excluding hydrogens is 294 g/mol. The van der Waals surface area contributed by atoms with Gasteiger partial charge in [-0.3, -0.25) is 4.79 Å². The zero-order chi connectivity index (χ0) is 16.1. The van der Waals surface area contributed by atoms with E-state index in [0.29, 0.717) is 19.1 Å². The van der Waals surface area contributed by atoms with E-state index in [1.165, 1.54) is 0 Å². The number of methoxy groups -OCH3 is 1. The largest absolute Gasteiger partial charge is 0.383 e. The van der Waals surface area contributed by atoms with Crippen molar-refractivity contribution in [1.82, 2.24) is 24.0 Å². The number of hydrogen-bond acceptors (Lipinski definition) is 4. The molecule has 1 saturated heterocycles. The van der Waals surface area contributed by atoms with Gasteiger partial charge < -0.3 is 18.8 Å². The predicted octanol–water partition coefficient (Wildman–Crippen LogP) is 1.13. The molecule has 1 atom stereocenters. The minimum absolute atomic E-state index is 0.141. The van der Waals surface area contributed by atoms with Crippen LogP contribution in [0.5, 0.6) is 0 Å². The highest BCUT2D eigenvalue weighted by atomic mass is 16.5. The second kappa shape index (κ2) is 7.41. The zero-order valence-electron chi connectivity index (χ0n) is 13.5. The number of amides is 1. The lowest BCUT2D eigenvalue weighted by atomic mass is 9.97. The molecule has 0 spiro atoms. The molecule has 0 saturated carbocycles. The van der Waals surface area contributed by atoms with Crippen LogP contribution in [0.2, 0.25) is 0 Å². The molecule has 0 radical (unpaired) electrons. The molecule has 1 aliphatic heterocycles. The summed E-state index contributed by atoms with van der Waals surface area (Å²) in [5, 5.41) is 0. The third-order valence-electron chi connectivity index (χ3n) is 4.30. The number of carbonyl (C=O) groups is 1. The highest BCUT2D eigenvalue weighted by Crippen LogP contribution is 2.26. The van der Waals surface area contributed by atoms with Crippen molar-refractivity contribution < 1.29 is 9.53 Å². The van der Waals surface area contributed by atoms with E-state index >= 15 is 0 Å². The molecule has 23 heavy (non-hydrogen) atoms. The van der Waals surface area contributed by atoms with Crippen LogP contribution in [-0.2, 0) is 22.6 Å². The van der Waals surface area contributed by atoms with Crippen LogP contribution in [0.3, 0.4) is 0 Å². The number of piperidine rings is 1.